The number of aryl methyl sites for hydroxylation is 1. The summed E-state index contributed by atoms with van der Waals surface area (Å²) in [7, 11) is 1.38. The number of carbonyl (C=O) groups is 1. The number of rotatable bonds is 3. The third-order valence-electron chi connectivity index (χ3n) is 2.79. The Morgan fingerprint density at radius 3 is 2.72 bits per heavy atom. The van der Waals surface area contributed by atoms with E-state index in [2.05, 4.69) is 0 Å². The lowest BCUT2D eigenvalue weighted by molar-refractivity contribution is 0.0588. The lowest BCUT2D eigenvalue weighted by atomic mass is 10.1. The van der Waals surface area contributed by atoms with Gasteiger partial charge in [-0.1, -0.05) is 23.7 Å². The van der Waals surface area contributed by atoms with Crippen molar-refractivity contribution in [2.75, 3.05) is 7.11 Å². The normalized spacial score (nSPS) is 10.4. The fourth-order valence-corrected chi connectivity index (χ4v) is 2.06. The number of benzene rings is 1. The first-order valence-corrected chi connectivity index (χ1v) is 6.08. The summed E-state index contributed by atoms with van der Waals surface area (Å²) in [6.45, 7) is 2.69. The molecular weight excluding hydrogens is 250 g/mol. The van der Waals surface area contributed by atoms with E-state index in [1.54, 1.807) is 0 Å². The predicted molar refractivity (Wildman–Crippen MR) is 71.9 cm³/mol. The largest absolute Gasteiger partial charge is 0.464 e. The molecule has 0 spiro atoms. The van der Waals surface area contributed by atoms with Gasteiger partial charge in [0.25, 0.3) is 0 Å². The Hall–Kier alpha value is -1.74. The highest BCUT2D eigenvalue weighted by Gasteiger charge is 2.14. The Labute approximate surface area is 111 Å². The van der Waals surface area contributed by atoms with Crippen LogP contribution < -0.4 is 0 Å². The maximum Gasteiger partial charge on any atom is 0.354 e. The summed E-state index contributed by atoms with van der Waals surface area (Å²) in [5.74, 6) is -0.329. The van der Waals surface area contributed by atoms with E-state index >= 15 is 0 Å². The van der Waals surface area contributed by atoms with Gasteiger partial charge in [0.1, 0.15) is 5.69 Å². The highest BCUT2D eigenvalue weighted by molar-refractivity contribution is 6.30. The van der Waals surface area contributed by atoms with Gasteiger partial charge in [-0.2, -0.15) is 0 Å². The van der Waals surface area contributed by atoms with Gasteiger partial charge in [0.05, 0.1) is 7.11 Å². The molecular formula is C14H14ClNO2. The first-order chi connectivity index (χ1) is 8.65. The van der Waals surface area contributed by atoms with Gasteiger partial charge in [-0.3, -0.25) is 0 Å². The quantitative estimate of drug-likeness (QED) is 0.792. The molecule has 0 aliphatic carbocycles. The van der Waals surface area contributed by atoms with Gasteiger partial charge < -0.3 is 9.30 Å². The SMILES string of the molecule is CCn1cc(-c2cccc(Cl)c2)cc1C(=O)OC. The zero-order valence-electron chi connectivity index (χ0n) is 10.3. The number of methoxy groups -OCH3 is 1. The van der Waals surface area contributed by atoms with Crippen LogP contribution in [0.5, 0.6) is 0 Å². The van der Waals surface area contributed by atoms with Crippen molar-refractivity contribution in [1.82, 2.24) is 4.57 Å². The van der Waals surface area contributed by atoms with Crippen molar-refractivity contribution in [3.63, 3.8) is 0 Å². The van der Waals surface area contributed by atoms with Crippen molar-refractivity contribution in [2.45, 2.75) is 13.5 Å². The molecule has 0 atom stereocenters. The molecule has 0 saturated carbocycles. The van der Waals surface area contributed by atoms with Crippen molar-refractivity contribution in [3.8, 4) is 11.1 Å². The Balaban J connectivity index is 2.47. The maximum atomic E-state index is 11.6. The molecule has 0 N–H and O–H groups in total. The summed E-state index contributed by atoms with van der Waals surface area (Å²) in [5.41, 5.74) is 2.49. The second-order valence-corrected chi connectivity index (χ2v) is 4.34. The first kappa shape index (κ1) is 12.7. The van der Waals surface area contributed by atoms with E-state index < -0.39 is 0 Å². The average molecular weight is 264 g/mol. The van der Waals surface area contributed by atoms with Crippen LogP contribution in [0.1, 0.15) is 17.4 Å². The monoisotopic (exact) mass is 263 g/mol. The lowest BCUT2D eigenvalue weighted by Crippen LogP contribution is -2.08. The van der Waals surface area contributed by atoms with E-state index in [1.807, 2.05) is 48.0 Å². The zero-order valence-corrected chi connectivity index (χ0v) is 11.1. The Morgan fingerprint density at radius 2 is 2.11 bits per heavy atom. The molecule has 0 radical (unpaired) electrons. The Bertz CT molecular complexity index is 575. The minimum atomic E-state index is -0.329. The van der Waals surface area contributed by atoms with Crippen LogP contribution >= 0.6 is 11.6 Å². The number of carbonyl (C=O) groups excluding carboxylic acids is 1. The number of ether oxygens (including phenoxy) is 1. The van der Waals surface area contributed by atoms with Crippen LogP contribution in [0.2, 0.25) is 5.02 Å². The van der Waals surface area contributed by atoms with Crippen molar-refractivity contribution in [3.05, 3.63) is 47.2 Å². The van der Waals surface area contributed by atoms with Crippen LogP contribution in [-0.2, 0) is 11.3 Å². The van der Waals surface area contributed by atoms with E-state index in [9.17, 15) is 4.79 Å². The fraction of sp³-hybridized carbons (Fsp3) is 0.214. The molecule has 1 heterocycles. The third kappa shape index (κ3) is 2.41. The number of halogens is 1. The van der Waals surface area contributed by atoms with E-state index in [0.717, 1.165) is 11.1 Å². The van der Waals surface area contributed by atoms with Crippen molar-refractivity contribution >= 4 is 17.6 Å². The third-order valence-corrected chi connectivity index (χ3v) is 3.02. The van der Waals surface area contributed by atoms with Crippen LogP contribution in [0.15, 0.2) is 36.5 Å². The minimum absolute atomic E-state index is 0.329. The topological polar surface area (TPSA) is 31.2 Å². The molecule has 1 aromatic heterocycles. The molecule has 0 amide bonds. The van der Waals surface area contributed by atoms with Crippen molar-refractivity contribution < 1.29 is 9.53 Å². The molecule has 2 rings (SSSR count). The van der Waals surface area contributed by atoms with Gasteiger partial charge in [0, 0.05) is 23.3 Å². The van der Waals surface area contributed by atoms with Crippen LogP contribution in [-0.4, -0.2) is 17.6 Å². The molecule has 0 unspecified atom stereocenters. The van der Waals surface area contributed by atoms with Crippen LogP contribution in [0.4, 0.5) is 0 Å². The molecule has 1 aromatic carbocycles. The zero-order chi connectivity index (χ0) is 13.1. The molecule has 0 aliphatic heterocycles. The van der Waals surface area contributed by atoms with Crippen LogP contribution in [0, 0.1) is 0 Å². The summed E-state index contributed by atoms with van der Waals surface area (Å²) in [4.78, 5) is 11.6. The molecule has 4 heteroatoms. The van der Waals surface area contributed by atoms with Gasteiger partial charge in [-0.05, 0) is 30.7 Å². The van der Waals surface area contributed by atoms with Gasteiger partial charge in [-0.15, -0.1) is 0 Å². The fourth-order valence-electron chi connectivity index (χ4n) is 1.87. The predicted octanol–water partition coefficient (Wildman–Crippen LogP) is 3.62. The second kappa shape index (κ2) is 5.27. The number of esters is 1. The highest BCUT2D eigenvalue weighted by Crippen LogP contribution is 2.25. The molecule has 18 heavy (non-hydrogen) atoms. The average Bonchev–Trinajstić information content (AvgIpc) is 2.82. The summed E-state index contributed by atoms with van der Waals surface area (Å²) in [5, 5.41) is 0.677. The van der Waals surface area contributed by atoms with Crippen molar-refractivity contribution in [1.29, 1.82) is 0 Å². The lowest BCUT2D eigenvalue weighted by Gasteiger charge is -2.02. The molecule has 94 valence electrons. The smallest absolute Gasteiger partial charge is 0.354 e. The molecule has 0 bridgehead atoms. The summed E-state index contributed by atoms with van der Waals surface area (Å²) in [6.07, 6.45) is 1.93. The Morgan fingerprint density at radius 1 is 1.33 bits per heavy atom. The number of aromatic nitrogens is 1. The minimum Gasteiger partial charge on any atom is -0.464 e. The highest BCUT2D eigenvalue weighted by atomic mass is 35.5. The summed E-state index contributed by atoms with van der Waals surface area (Å²) < 4.78 is 6.63. The molecule has 3 nitrogen and oxygen atoms in total. The van der Waals surface area contributed by atoms with Gasteiger partial charge >= 0.3 is 5.97 Å². The standard InChI is InChI=1S/C14H14ClNO2/c1-3-16-9-11(8-13(16)14(17)18-2)10-5-4-6-12(15)7-10/h4-9H,3H2,1-2H3. The van der Waals surface area contributed by atoms with Crippen LogP contribution in [0.25, 0.3) is 11.1 Å². The van der Waals surface area contributed by atoms with Crippen molar-refractivity contribution in [2.24, 2.45) is 0 Å². The summed E-state index contributed by atoms with van der Waals surface area (Å²) in [6, 6.07) is 9.36. The summed E-state index contributed by atoms with van der Waals surface area (Å²) >= 11 is 5.97. The van der Waals surface area contributed by atoms with Crippen LogP contribution in [0.3, 0.4) is 0 Å². The van der Waals surface area contributed by atoms with E-state index in [4.69, 9.17) is 16.3 Å². The first-order valence-electron chi connectivity index (χ1n) is 5.70. The Kier molecular flexibility index (Phi) is 3.72. The van der Waals surface area contributed by atoms with Gasteiger partial charge in [-0.25, -0.2) is 4.79 Å². The van der Waals surface area contributed by atoms with E-state index in [0.29, 0.717) is 17.3 Å². The molecule has 2 aromatic rings. The number of hydrogen-bond acceptors (Lipinski definition) is 2. The molecule has 0 aliphatic rings. The number of hydrogen-bond donors (Lipinski definition) is 0. The molecule has 0 fully saturated rings. The van der Waals surface area contributed by atoms with Gasteiger partial charge in [0.15, 0.2) is 0 Å². The maximum absolute atomic E-state index is 11.6. The van der Waals surface area contributed by atoms with E-state index in [1.165, 1.54) is 7.11 Å². The number of nitrogens with zero attached hydrogens (tertiary/aromatic N) is 1. The van der Waals surface area contributed by atoms with Gasteiger partial charge in [0.2, 0.25) is 0 Å². The molecule has 0 saturated heterocycles. The van der Waals surface area contributed by atoms with E-state index in [-0.39, 0.29) is 5.97 Å². The second-order valence-electron chi connectivity index (χ2n) is 3.90.